The van der Waals surface area contributed by atoms with Crippen molar-refractivity contribution in [1.29, 1.82) is 0 Å². The summed E-state index contributed by atoms with van der Waals surface area (Å²) < 4.78 is 29.4. The number of benzene rings is 2. The van der Waals surface area contributed by atoms with Crippen LogP contribution in [0.25, 0.3) is 0 Å². The minimum absolute atomic E-state index is 0.217. The molecule has 0 aliphatic rings. The molecule has 0 radical (unpaired) electrons. The van der Waals surface area contributed by atoms with Gasteiger partial charge in [-0.05, 0) is 35.4 Å². The zero-order valence-electron chi connectivity index (χ0n) is 15.8. The Hall–Kier alpha value is -2.83. The largest absolute Gasteiger partial charge is 0.488 e. The number of nitrogens with one attached hydrogen (secondary N) is 1. The lowest BCUT2D eigenvalue weighted by Gasteiger charge is -2.19. The van der Waals surface area contributed by atoms with Crippen LogP contribution in [0.4, 0.5) is 19.3 Å². The Bertz CT molecular complexity index is 736. The molecule has 0 bridgehead atoms. The minimum Gasteiger partial charge on any atom is -0.488 e. The van der Waals surface area contributed by atoms with E-state index < -0.39 is 13.0 Å². The van der Waals surface area contributed by atoms with Crippen molar-refractivity contribution in [3.05, 3.63) is 59.7 Å². The lowest BCUT2D eigenvalue weighted by atomic mass is 10.2. The Morgan fingerprint density at radius 2 is 1.78 bits per heavy atom. The third-order valence-corrected chi connectivity index (χ3v) is 3.94. The van der Waals surface area contributed by atoms with E-state index in [0.717, 1.165) is 16.8 Å². The highest BCUT2D eigenvalue weighted by Crippen LogP contribution is 2.15. The molecular formula is C20H25F2N3O2. The summed E-state index contributed by atoms with van der Waals surface area (Å²) in [6, 6.07) is 14.5. The molecule has 0 aliphatic heterocycles. The van der Waals surface area contributed by atoms with Gasteiger partial charge in [-0.15, -0.1) is 0 Å². The summed E-state index contributed by atoms with van der Waals surface area (Å²) in [6.45, 7) is 0.122. The minimum atomic E-state index is -2.52. The molecule has 2 amide bonds. The topological polar surface area (TPSA) is 44.8 Å². The Kier molecular flexibility index (Phi) is 7.40. The van der Waals surface area contributed by atoms with E-state index in [2.05, 4.69) is 5.32 Å². The molecule has 27 heavy (non-hydrogen) atoms. The van der Waals surface area contributed by atoms with Crippen LogP contribution in [0.5, 0.6) is 5.75 Å². The van der Waals surface area contributed by atoms with Gasteiger partial charge in [0.15, 0.2) is 0 Å². The van der Waals surface area contributed by atoms with Crippen molar-refractivity contribution in [3.63, 3.8) is 0 Å². The van der Waals surface area contributed by atoms with Crippen LogP contribution in [0.2, 0.25) is 0 Å². The highest BCUT2D eigenvalue weighted by atomic mass is 19.3. The first-order valence-corrected chi connectivity index (χ1v) is 8.60. The van der Waals surface area contributed by atoms with Crippen LogP contribution in [0.3, 0.4) is 0 Å². The lowest BCUT2D eigenvalue weighted by Crippen LogP contribution is -2.36. The number of halogens is 2. The van der Waals surface area contributed by atoms with Gasteiger partial charge in [0, 0.05) is 39.9 Å². The van der Waals surface area contributed by atoms with Crippen molar-refractivity contribution in [3.8, 4) is 5.75 Å². The van der Waals surface area contributed by atoms with E-state index in [0.29, 0.717) is 12.3 Å². The fourth-order valence-corrected chi connectivity index (χ4v) is 2.46. The van der Waals surface area contributed by atoms with Gasteiger partial charge in [-0.3, -0.25) is 0 Å². The van der Waals surface area contributed by atoms with E-state index in [4.69, 9.17) is 4.74 Å². The van der Waals surface area contributed by atoms with Crippen molar-refractivity contribution in [2.24, 2.45) is 0 Å². The molecule has 2 rings (SSSR count). The molecular weight excluding hydrogens is 352 g/mol. The highest BCUT2D eigenvalue weighted by Gasteiger charge is 2.10. The average molecular weight is 377 g/mol. The van der Waals surface area contributed by atoms with E-state index in [1.165, 1.54) is 0 Å². The van der Waals surface area contributed by atoms with Crippen molar-refractivity contribution in [1.82, 2.24) is 10.2 Å². The summed E-state index contributed by atoms with van der Waals surface area (Å²) in [5.74, 6) is 0.358. The molecule has 7 heteroatoms. The number of anilines is 1. The van der Waals surface area contributed by atoms with Gasteiger partial charge in [-0.2, -0.15) is 0 Å². The van der Waals surface area contributed by atoms with Crippen LogP contribution >= 0.6 is 0 Å². The molecule has 0 heterocycles. The number of carbonyl (C=O) groups excluding carboxylic acids is 1. The SMILES string of the molecule is CN(Cc1ccc(N(C)C)cc1)C(=O)NCc1cccc(OCC(F)F)c1. The van der Waals surface area contributed by atoms with Gasteiger partial charge >= 0.3 is 6.03 Å². The monoisotopic (exact) mass is 377 g/mol. The van der Waals surface area contributed by atoms with Gasteiger partial charge in [-0.1, -0.05) is 24.3 Å². The van der Waals surface area contributed by atoms with Crippen molar-refractivity contribution >= 4 is 11.7 Å². The van der Waals surface area contributed by atoms with Crippen molar-refractivity contribution < 1.29 is 18.3 Å². The number of nitrogens with zero attached hydrogens (tertiary/aromatic N) is 2. The fourth-order valence-electron chi connectivity index (χ4n) is 2.46. The van der Waals surface area contributed by atoms with Crippen LogP contribution in [0.15, 0.2) is 48.5 Å². The first-order valence-electron chi connectivity index (χ1n) is 8.60. The number of amides is 2. The van der Waals surface area contributed by atoms with Crippen molar-refractivity contribution in [2.45, 2.75) is 19.5 Å². The molecule has 0 aromatic heterocycles. The molecule has 146 valence electrons. The molecule has 0 atom stereocenters. The normalized spacial score (nSPS) is 10.6. The summed E-state index contributed by atoms with van der Waals surface area (Å²) in [6.07, 6.45) is -2.52. The molecule has 2 aromatic rings. The van der Waals surface area contributed by atoms with Gasteiger partial charge in [0.25, 0.3) is 6.43 Å². The molecule has 2 aromatic carbocycles. The zero-order valence-corrected chi connectivity index (χ0v) is 15.8. The molecule has 0 fully saturated rings. The maximum Gasteiger partial charge on any atom is 0.317 e. The van der Waals surface area contributed by atoms with Gasteiger partial charge in [0.2, 0.25) is 0 Å². The molecule has 0 unspecified atom stereocenters. The van der Waals surface area contributed by atoms with Crippen LogP contribution in [-0.2, 0) is 13.1 Å². The Balaban J connectivity index is 1.84. The van der Waals surface area contributed by atoms with Crippen molar-refractivity contribution in [2.75, 3.05) is 32.6 Å². The molecule has 0 saturated carbocycles. The predicted molar refractivity (Wildman–Crippen MR) is 102 cm³/mol. The number of ether oxygens (including phenoxy) is 1. The second-order valence-electron chi connectivity index (χ2n) is 6.43. The van der Waals surface area contributed by atoms with E-state index in [-0.39, 0.29) is 12.6 Å². The summed E-state index contributed by atoms with van der Waals surface area (Å²) in [5.41, 5.74) is 2.90. The molecule has 5 nitrogen and oxygen atoms in total. The quantitative estimate of drug-likeness (QED) is 0.762. The van der Waals surface area contributed by atoms with Crippen LogP contribution in [0.1, 0.15) is 11.1 Å². The van der Waals surface area contributed by atoms with Gasteiger partial charge in [-0.25, -0.2) is 13.6 Å². The first-order chi connectivity index (χ1) is 12.8. The Labute approximate surface area is 158 Å². The fraction of sp³-hybridized carbons (Fsp3) is 0.350. The molecule has 0 aliphatic carbocycles. The number of carbonyl (C=O) groups is 1. The zero-order chi connectivity index (χ0) is 19.8. The number of urea groups is 1. The van der Waals surface area contributed by atoms with E-state index in [1.807, 2.05) is 43.3 Å². The molecule has 0 spiro atoms. The molecule has 1 N–H and O–H groups in total. The first kappa shape index (κ1) is 20.5. The van der Waals surface area contributed by atoms with E-state index in [9.17, 15) is 13.6 Å². The lowest BCUT2D eigenvalue weighted by molar-refractivity contribution is 0.0818. The number of hydrogen-bond acceptors (Lipinski definition) is 3. The highest BCUT2D eigenvalue weighted by molar-refractivity contribution is 5.73. The Morgan fingerprint density at radius 3 is 2.41 bits per heavy atom. The number of rotatable bonds is 8. The van der Waals surface area contributed by atoms with E-state index in [1.54, 1.807) is 36.2 Å². The van der Waals surface area contributed by atoms with Crippen LogP contribution < -0.4 is 15.0 Å². The predicted octanol–water partition coefficient (Wildman–Crippen LogP) is 3.74. The third kappa shape index (κ3) is 6.77. The van der Waals surface area contributed by atoms with Gasteiger partial charge < -0.3 is 19.9 Å². The van der Waals surface area contributed by atoms with E-state index >= 15 is 0 Å². The smallest absolute Gasteiger partial charge is 0.317 e. The third-order valence-electron chi connectivity index (χ3n) is 3.94. The standard InChI is InChI=1S/C20H25F2N3O2/c1-24(2)17-9-7-15(8-10-17)13-25(3)20(26)23-12-16-5-4-6-18(11-16)27-14-19(21)22/h4-11,19H,12-14H2,1-3H3,(H,23,26). The second kappa shape index (κ2) is 9.75. The summed E-state index contributed by atoms with van der Waals surface area (Å²) >= 11 is 0. The van der Waals surface area contributed by atoms with Gasteiger partial charge in [0.1, 0.15) is 12.4 Å². The van der Waals surface area contributed by atoms with Gasteiger partial charge in [0.05, 0.1) is 0 Å². The summed E-state index contributed by atoms with van der Waals surface area (Å²) in [4.78, 5) is 15.9. The van der Waals surface area contributed by atoms with Crippen LogP contribution in [-0.4, -0.2) is 45.1 Å². The number of alkyl halides is 2. The van der Waals surface area contributed by atoms with Crippen LogP contribution in [0, 0.1) is 0 Å². The average Bonchev–Trinajstić information content (AvgIpc) is 2.65. The maximum absolute atomic E-state index is 12.3. The maximum atomic E-state index is 12.3. The summed E-state index contributed by atoms with van der Waals surface area (Å²) in [7, 11) is 5.67. The second-order valence-corrected chi connectivity index (χ2v) is 6.43. The number of hydrogen-bond donors (Lipinski definition) is 1. The summed E-state index contributed by atoms with van der Waals surface area (Å²) in [5, 5.41) is 2.82. The molecule has 0 saturated heterocycles. The Morgan fingerprint density at radius 1 is 1.07 bits per heavy atom.